The van der Waals surface area contributed by atoms with Crippen molar-refractivity contribution in [2.24, 2.45) is 5.41 Å². The van der Waals surface area contributed by atoms with Gasteiger partial charge in [0.25, 0.3) is 0 Å². The maximum absolute atomic E-state index is 13.7. The van der Waals surface area contributed by atoms with Crippen LogP contribution in [0.25, 0.3) is 11.0 Å². The van der Waals surface area contributed by atoms with Gasteiger partial charge < -0.3 is 9.73 Å². The van der Waals surface area contributed by atoms with E-state index < -0.39 is 0 Å². The molecule has 0 saturated carbocycles. The third-order valence-electron chi connectivity index (χ3n) is 3.04. The van der Waals surface area contributed by atoms with E-state index in [9.17, 15) is 4.39 Å². The number of benzene rings is 1. The molecule has 2 aromatic rings. The van der Waals surface area contributed by atoms with Gasteiger partial charge >= 0.3 is 0 Å². The van der Waals surface area contributed by atoms with Crippen LogP contribution in [-0.2, 0) is 0 Å². The Morgan fingerprint density at radius 2 is 2.00 bits per heavy atom. The van der Waals surface area contributed by atoms with Crippen LogP contribution in [0.2, 0.25) is 0 Å². The van der Waals surface area contributed by atoms with Gasteiger partial charge in [-0.25, -0.2) is 4.39 Å². The van der Waals surface area contributed by atoms with Crippen molar-refractivity contribution in [1.29, 1.82) is 0 Å². The lowest BCUT2D eigenvalue weighted by Crippen LogP contribution is -2.29. The first-order chi connectivity index (χ1) is 8.34. The smallest absolute Gasteiger partial charge is 0.151 e. The molecule has 0 bridgehead atoms. The Bertz CT molecular complexity index is 532. The van der Waals surface area contributed by atoms with Gasteiger partial charge in [0.15, 0.2) is 5.58 Å². The molecule has 0 aliphatic heterocycles. The minimum absolute atomic E-state index is 0.00835. The van der Waals surface area contributed by atoms with E-state index >= 15 is 0 Å². The highest BCUT2D eigenvalue weighted by Crippen LogP contribution is 2.37. The highest BCUT2D eigenvalue weighted by molar-refractivity contribution is 9.10. The summed E-state index contributed by atoms with van der Waals surface area (Å²) in [6.07, 6.45) is 0. The zero-order valence-electron chi connectivity index (χ0n) is 11.0. The maximum Gasteiger partial charge on any atom is 0.151 e. The largest absolute Gasteiger partial charge is 0.458 e. The second-order valence-corrected chi connectivity index (χ2v) is 6.36. The molecule has 0 radical (unpaired) electrons. The standard InChI is InChI=1S/C14H17BrFNO/c1-14(2,3)13(17-4)11-7-8-10(16)6-5-9(15)12(8)18-11/h5-7,13,17H,1-4H3. The summed E-state index contributed by atoms with van der Waals surface area (Å²) in [6, 6.07) is 4.92. The molecular formula is C14H17BrFNO. The highest BCUT2D eigenvalue weighted by atomic mass is 79.9. The second-order valence-electron chi connectivity index (χ2n) is 5.51. The quantitative estimate of drug-likeness (QED) is 0.873. The molecule has 2 rings (SSSR count). The Balaban J connectivity index is 2.60. The first-order valence-electron chi connectivity index (χ1n) is 5.89. The van der Waals surface area contributed by atoms with E-state index in [1.54, 1.807) is 12.1 Å². The predicted octanol–water partition coefficient (Wildman–Crippen LogP) is 4.64. The minimum atomic E-state index is -0.257. The molecule has 98 valence electrons. The van der Waals surface area contributed by atoms with Crippen LogP contribution in [0.15, 0.2) is 27.1 Å². The lowest BCUT2D eigenvalue weighted by atomic mass is 9.85. The minimum Gasteiger partial charge on any atom is -0.458 e. The van der Waals surface area contributed by atoms with Crippen LogP contribution < -0.4 is 5.32 Å². The number of furan rings is 1. The monoisotopic (exact) mass is 313 g/mol. The molecule has 4 heteroatoms. The SMILES string of the molecule is CNC(c1cc2c(F)ccc(Br)c2o1)C(C)(C)C. The van der Waals surface area contributed by atoms with Crippen molar-refractivity contribution in [3.8, 4) is 0 Å². The van der Waals surface area contributed by atoms with Crippen molar-refractivity contribution >= 4 is 26.9 Å². The molecule has 1 heterocycles. The number of halogens is 2. The Morgan fingerprint density at radius 3 is 2.50 bits per heavy atom. The number of hydrogen-bond acceptors (Lipinski definition) is 2. The van der Waals surface area contributed by atoms with Gasteiger partial charge in [-0.3, -0.25) is 0 Å². The first kappa shape index (κ1) is 13.6. The van der Waals surface area contributed by atoms with Crippen molar-refractivity contribution in [2.75, 3.05) is 7.05 Å². The van der Waals surface area contributed by atoms with E-state index in [1.807, 2.05) is 7.05 Å². The summed E-state index contributed by atoms with van der Waals surface area (Å²) in [4.78, 5) is 0. The summed E-state index contributed by atoms with van der Waals surface area (Å²) in [5.41, 5.74) is 0.556. The van der Waals surface area contributed by atoms with Crippen LogP contribution in [0.5, 0.6) is 0 Å². The van der Waals surface area contributed by atoms with E-state index in [0.717, 1.165) is 10.2 Å². The fourth-order valence-corrected chi connectivity index (χ4v) is 2.65. The Hall–Kier alpha value is -0.870. The molecule has 1 N–H and O–H groups in total. The maximum atomic E-state index is 13.7. The summed E-state index contributed by atoms with van der Waals surface area (Å²) >= 11 is 3.39. The van der Waals surface area contributed by atoms with E-state index in [4.69, 9.17) is 4.42 Å². The first-order valence-corrected chi connectivity index (χ1v) is 6.68. The Kier molecular flexibility index (Phi) is 3.52. The summed E-state index contributed by atoms with van der Waals surface area (Å²) in [5, 5.41) is 3.74. The number of hydrogen-bond donors (Lipinski definition) is 1. The van der Waals surface area contributed by atoms with Gasteiger partial charge in [0.05, 0.1) is 15.9 Å². The van der Waals surface area contributed by atoms with Gasteiger partial charge in [-0.2, -0.15) is 0 Å². The van der Waals surface area contributed by atoms with Gasteiger partial charge in [0.1, 0.15) is 11.6 Å². The molecule has 1 aromatic carbocycles. The number of nitrogens with one attached hydrogen (secondary N) is 1. The zero-order chi connectivity index (χ0) is 13.5. The fourth-order valence-electron chi connectivity index (χ4n) is 2.22. The third-order valence-corrected chi connectivity index (χ3v) is 3.67. The molecule has 1 atom stereocenters. The van der Waals surface area contributed by atoms with E-state index in [2.05, 4.69) is 42.0 Å². The van der Waals surface area contributed by atoms with Crippen LogP contribution >= 0.6 is 15.9 Å². The van der Waals surface area contributed by atoms with E-state index in [-0.39, 0.29) is 17.3 Å². The average Bonchev–Trinajstić information content (AvgIpc) is 2.68. The molecule has 0 saturated heterocycles. The van der Waals surface area contributed by atoms with Crippen LogP contribution in [0.3, 0.4) is 0 Å². The summed E-state index contributed by atoms with van der Waals surface area (Å²) in [6.45, 7) is 6.35. The fraction of sp³-hybridized carbons (Fsp3) is 0.429. The molecule has 0 spiro atoms. The topological polar surface area (TPSA) is 25.2 Å². The van der Waals surface area contributed by atoms with Crippen molar-refractivity contribution < 1.29 is 8.81 Å². The van der Waals surface area contributed by atoms with Gasteiger partial charge in [-0.15, -0.1) is 0 Å². The van der Waals surface area contributed by atoms with Crippen molar-refractivity contribution in [3.05, 3.63) is 34.2 Å². The second kappa shape index (κ2) is 4.67. The van der Waals surface area contributed by atoms with Crippen molar-refractivity contribution in [1.82, 2.24) is 5.32 Å². The van der Waals surface area contributed by atoms with Crippen molar-refractivity contribution in [3.63, 3.8) is 0 Å². The Labute approximate surface area is 115 Å². The number of rotatable bonds is 2. The molecule has 0 aliphatic carbocycles. The lowest BCUT2D eigenvalue weighted by Gasteiger charge is -2.28. The normalized spacial score (nSPS) is 14.1. The number of fused-ring (bicyclic) bond motifs is 1. The molecule has 1 aromatic heterocycles. The van der Waals surface area contributed by atoms with Crippen LogP contribution in [0.4, 0.5) is 4.39 Å². The summed E-state index contributed by atoms with van der Waals surface area (Å²) < 4.78 is 20.3. The average molecular weight is 314 g/mol. The molecular weight excluding hydrogens is 297 g/mol. The van der Waals surface area contributed by atoms with Crippen molar-refractivity contribution in [2.45, 2.75) is 26.8 Å². The zero-order valence-corrected chi connectivity index (χ0v) is 12.6. The van der Waals surface area contributed by atoms with Crippen LogP contribution in [-0.4, -0.2) is 7.05 Å². The molecule has 0 aliphatic rings. The third kappa shape index (κ3) is 2.31. The predicted molar refractivity (Wildman–Crippen MR) is 75.1 cm³/mol. The summed E-state index contributed by atoms with van der Waals surface area (Å²) in [5.74, 6) is 0.498. The molecule has 2 nitrogen and oxygen atoms in total. The Morgan fingerprint density at radius 1 is 1.33 bits per heavy atom. The van der Waals surface area contributed by atoms with Crippen LogP contribution in [0.1, 0.15) is 32.6 Å². The van der Waals surface area contributed by atoms with Gasteiger partial charge in [-0.05, 0) is 46.6 Å². The van der Waals surface area contributed by atoms with Gasteiger partial charge in [0, 0.05) is 0 Å². The molecule has 18 heavy (non-hydrogen) atoms. The van der Waals surface area contributed by atoms with E-state index in [0.29, 0.717) is 11.0 Å². The summed E-state index contributed by atoms with van der Waals surface area (Å²) in [7, 11) is 1.88. The lowest BCUT2D eigenvalue weighted by molar-refractivity contribution is 0.253. The van der Waals surface area contributed by atoms with Gasteiger partial charge in [-0.1, -0.05) is 20.8 Å². The molecule has 1 unspecified atom stereocenters. The highest BCUT2D eigenvalue weighted by Gasteiger charge is 2.28. The van der Waals surface area contributed by atoms with E-state index in [1.165, 1.54) is 6.07 Å². The van der Waals surface area contributed by atoms with Gasteiger partial charge in [0.2, 0.25) is 0 Å². The molecule has 0 amide bonds. The van der Waals surface area contributed by atoms with Crippen LogP contribution in [0, 0.1) is 11.2 Å². The molecule has 0 fully saturated rings.